The van der Waals surface area contributed by atoms with Crippen LogP contribution in [0.2, 0.25) is 0 Å². The quantitative estimate of drug-likeness (QED) is 0.843. The van der Waals surface area contributed by atoms with Crippen LogP contribution in [0.4, 0.5) is 0 Å². The largest absolute Gasteiger partial charge is 0.497 e. The van der Waals surface area contributed by atoms with Crippen molar-refractivity contribution in [3.05, 3.63) is 65.2 Å². The van der Waals surface area contributed by atoms with Crippen molar-refractivity contribution < 1.29 is 14.3 Å². The van der Waals surface area contributed by atoms with Crippen LogP contribution >= 0.6 is 0 Å². The summed E-state index contributed by atoms with van der Waals surface area (Å²) in [5.41, 5.74) is 3.16. The second kappa shape index (κ2) is 8.87. The van der Waals surface area contributed by atoms with E-state index >= 15 is 0 Å². The summed E-state index contributed by atoms with van der Waals surface area (Å²) in [7, 11) is 1.61. The lowest BCUT2D eigenvalue weighted by Gasteiger charge is -2.21. The van der Waals surface area contributed by atoms with Gasteiger partial charge in [0.25, 0.3) is 0 Å². The van der Waals surface area contributed by atoms with Gasteiger partial charge in [0.05, 0.1) is 13.7 Å². The number of nitrogens with zero attached hydrogens (tertiary/aromatic N) is 1. The number of benzene rings is 2. The van der Waals surface area contributed by atoms with Crippen molar-refractivity contribution in [1.29, 1.82) is 0 Å². The Bertz CT molecular complexity index is 709. The van der Waals surface area contributed by atoms with Crippen molar-refractivity contribution >= 4 is 11.8 Å². The van der Waals surface area contributed by atoms with E-state index in [9.17, 15) is 9.59 Å². The molecule has 5 heteroatoms. The van der Waals surface area contributed by atoms with E-state index in [4.69, 9.17) is 4.74 Å². The smallest absolute Gasteiger partial charge is 0.239 e. The lowest BCUT2D eigenvalue weighted by atomic mass is 10.1. The van der Waals surface area contributed by atoms with Crippen molar-refractivity contribution in [2.24, 2.45) is 0 Å². The molecule has 0 aliphatic rings. The highest BCUT2D eigenvalue weighted by Gasteiger charge is 2.14. The van der Waals surface area contributed by atoms with Gasteiger partial charge in [-0.2, -0.15) is 0 Å². The molecule has 25 heavy (non-hydrogen) atoms. The van der Waals surface area contributed by atoms with Crippen LogP contribution in [0.15, 0.2) is 48.5 Å². The van der Waals surface area contributed by atoms with Gasteiger partial charge in [-0.1, -0.05) is 42.0 Å². The molecule has 2 rings (SSSR count). The van der Waals surface area contributed by atoms with E-state index < -0.39 is 0 Å². The number of amides is 2. The minimum atomic E-state index is -0.177. The molecule has 0 heterocycles. The van der Waals surface area contributed by atoms with Crippen LogP contribution in [0.25, 0.3) is 0 Å². The van der Waals surface area contributed by atoms with Gasteiger partial charge >= 0.3 is 0 Å². The molecule has 0 bridgehead atoms. The van der Waals surface area contributed by atoms with Gasteiger partial charge in [0.15, 0.2) is 0 Å². The Kier molecular flexibility index (Phi) is 6.57. The number of methoxy groups -OCH3 is 1. The average Bonchev–Trinajstić information content (AvgIpc) is 2.61. The fourth-order valence-corrected chi connectivity index (χ4v) is 2.37. The van der Waals surface area contributed by atoms with E-state index in [1.54, 1.807) is 7.11 Å². The molecular formula is C20H24N2O3. The zero-order chi connectivity index (χ0) is 18.2. The lowest BCUT2D eigenvalue weighted by Crippen LogP contribution is -2.39. The van der Waals surface area contributed by atoms with Gasteiger partial charge in [-0.3, -0.25) is 9.59 Å². The lowest BCUT2D eigenvalue weighted by molar-refractivity contribution is -0.135. The van der Waals surface area contributed by atoms with Gasteiger partial charge < -0.3 is 15.0 Å². The van der Waals surface area contributed by atoms with Crippen LogP contribution in [0.5, 0.6) is 5.75 Å². The molecular weight excluding hydrogens is 316 g/mol. The number of ether oxygens (including phenoxy) is 1. The first-order chi connectivity index (χ1) is 12.0. The molecule has 0 radical (unpaired) electrons. The predicted molar refractivity (Wildman–Crippen MR) is 97.1 cm³/mol. The van der Waals surface area contributed by atoms with Gasteiger partial charge in [-0.25, -0.2) is 0 Å². The van der Waals surface area contributed by atoms with E-state index in [0.717, 1.165) is 16.9 Å². The van der Waals surface area contributed by atoms with Gasteiger partial charge in [0.2, 0.25) is 11.8 Å². The Labute approximate surface area is 148 Å². The third kappa shape index (κ3) is 5.95. The maximum atomic E-state index is 12.2. The number of rotatable bonds is 7. The number of nitrogens with one attached hydrogen (secondary N) is 1. The van der Waals surface area contributed by atoms with Gasteiger partial charge in [-0.05, 0) is 30.2 Å². The minimum absolute atomic E-state index is 0.0349. The minimum Gasteiger partial charge on any atom is -0.497 e. The summed E-state index contributed by atoms with van der Waals surface area (Å²) in [6.07, 6.45) is 0. The summed E-state index contributed by atoms with van der Waals surface area (Å²) in [6.45, 7) is 4.36. The topological polar surface area (TPSA) is 58.6 Å². The molecule has 5 nitrogen and oxygen atoms in total. The van der Waals surface area contributed by atoms with Crippen LogP contribution in [0, 0.1) is 6.92 Å². The molecule has 0 aliphatic heterocycles. The number of hydrogen-bond acceptors (Lipinski definition) is 3. The SMILES string of the molecule is COc1ccc(CN(CC(=O)NCc2ccc(C)cc2)C(C)=O)cc1. The van der Waals surface area contributed by atoms with Crippen molar-refractivity contribution in [3.8, 4) is 5.75 Å². The van der Waals surface area contributed by atoms with E-state index in [-0.39, 0.29) is 18.4 Å². The van der Waals surface area contributed by atoms with E-state index in [1.807, 2.05) is 55.5 Å². The summed E-state index contributed by atoms with van der Waals surface area (Å²) < 4.78 is 5.12. The second-order valence-electron chi connectivity index (χ2n) is 5.99. The number of hydrogen-bond donors (Lipinski definition) is 1. The summed E-state index contributed by atoms with van der Waals surface area (Å²) in [5, 5.41) is 2.85. The Hall–Kier alpha value is -2.82. The van der Waals surface area contributed by atoms with Gasteiger partial charge in [-0.15, -0.1) is 0 Å². The van der Waals surface area contributed by atoms with Crippen molar-refractivity contribution in [1.82, 2.24) is 10.2 Å². The molecule has 132 valence electrons. The maximum Gasteiger partial charge on any atom is 0.239 e. The normalized spacial score (nSPS) is 10.2. The average molecular weight is 340 g/mol. The first-order valence-corrected chi connectivity index (χ1v) is 8.18. The highest BCUT2D eigenvalue weighted by atomic mass is 16.5. The molecule has 0 fully saturated rings. The Morgan fingerprint density at radius 2 is 1.60 bits per heavy atom. The highest BCUT2D eigenvalue weighted by molar-refractivity contribution is 5.83. The first-order valence-electron chi connectivity index (χ1n) is 8.18. The monoisotopic (exact) mass is 340 g/mol. The molecule has 2 aromatic rings. The van der Waals surface area contributed by atoms with E-state index in [2.05, 4.69) is 5.32 Å². The summed E-state index contributed by atoms with van der Waals surface area (Å²) >= 11 is 0. The van der Waals surface area contributed by atoms with Gasteiger partial charge in [0.1, 0.15) is 5.75 Å². The molecule has 0 atom stereocenters. The molecule has 0 aliphatic carbocycles. The number of aryl methyl sites for hydroxylation is 1. The van der Waals surface area contributed by atoms with Crippen LogP contribution in [-0.2, 0) is 22.7 Å². The fraction of sp³-hybridized carbons (Fsp3) is 0.300. The Morgan fingerprint density at radius 1 is 1.00 bits per heavy atom. The second-order valence-corrected chi connectivity index (χ2v) is 5.99. The Morgan fingerprint density at radius 3 is 2.16 bits per heavy atom. The molecule has 0 saturated carbocycles. The summed E-state index contributed by atoms with van der Waals surface area (Å²) in [4.78, 5) is 25.5. The summed E-state index contributed by atoms with van der Waals surface area (Å²) in [5.74, 6) is 0.444. The van der Waals surface area contributed by atoms with Crippen LogP contribution in [0.1, 0.15) is 23.6 Å². The third-order valence-electron chi connectivity index (χ3n) is 3.92. The van der Waals surface area contributed by atoms with Crippen molar-refractivity contribution in [2.75, 3.05) is 13.7 Å². The molecule has 0 aromatic heterocycles. The first kappa shape index (κ1) is 18.5. The highest BCUT2D eigenvalue weighted by Crippen LogP contribution is 2.13. The number of carbonyl (C=O) groups excluding carboxylic acids is 2. The Balaban J connectivity index is 1.89. The molecule has 0 saturated heterocycles. The molecule has 0 unspecified atom stereocenters. The van der Waals surface area contributed by atoms with Gasteiger partial charge in [0, 0.05) is 20.0 Å². The van der Waals surface area contributed by atoms with Crippen LogP contribution in [0.3, 0.4) is 0 Å². The van der Waals surface area contributed by atoms with Crippen LogP contribution < -0.4 is 10.1 Å². The van der Waals surface area contributed by atoms with E-state index in [0.29, 0.717) is 13.1 Å². The predicted octanol–water partition coefficient (Wildman–Crippen LogP) is 2.67. The van der Waals surface area contributed by atoms with Crippen molar-refractivity contribution in [2.45, 2.75) is 26.9 Å². The molecule has 1 N–H and O–H groups in total. The summed E-state index contributed by atoms with van der Waals surface area (Å²) in [6, 6.07) is 15.4. The van der Waals surface area contributed by atoms with E-state index in [1.165, 1.54) is 17.4 Å². The molecule has 0 spiro atoms. The maximum absolute atomic E-state index is 12.2. The standard InChI is InChI=1S/C20H24N2O3/c1-15-4-6-17(7-5-15)12-21-20(24)14-22(16(2)23)13-18-8-10-19(25-3)11-9-18/h4-11H,12-14H2,1-3H3,(H,21,24). The fourth-order valence-electron chi connectivity index (χ4n) is 2.37. The van der Waals surface area contributed by atoms with Crippen molar-refractivity contribution in [3.63, 3.8) is 0 Å². The van der Waals surface area contributed by atoms with Crippen LogP contribution in [-0.4, -0.2) is 30.4 Å². The molecule has 2 aromatic carbocycles. The third-order valence-corrected chi connectivity index (χ3v) is 3.92. The zero-order valence-corrected chi connectivity index (χ0v) is 14.9. The zero-order valence-electron chi connectivity index (χ0n) is 14.9. The molecule has 2 amide bonds. The number of carbonyl (C=O) groups is 2.